The lowest BCUT2D eigenvalue weighted by Crippen LogP contribution is -2.40. The Morgan fingerprint density at radius 2 is 1.81 bits per heavy atom. The zero-order valence-electron chi connectivity index (χ0n) is 16.4. The summed E-state index contributed by atoms with van der Waals surface area (Å²) < 4.78 is 5.84. The second-order valence-corrected chi connectivity index (χ2v) is 7.19. The molecule has 1 N–H and O–H groups in total. The molecule has 1 aliphatic carbocycles. The first-order valence-electron chi connectivity index (χ1n) is 9.94. The monoisotopic (exact) mass is 366 g/mol. The molecule has 3 rings (SSSR count). The van der Waals surface area contributed by atoms with E-state index in [2.05, 4.69) is 29.6 Å². The van der Waals surface area contributed by atoms with Gasteiger partial charge >= 0.3 is 0 Å². The third-order valence-electron chi connectivity index (χ3n) is 5.53. The number of carbonyl (C=O) groups excluding carboxylic acids is 1. The molecule has 0 aromatic heterocycles. The first-order chi connectivity index (χ1) is 13.2. The van der Waals surface area contributed by atoms with Crippen molar-refractivity contribution in [3.05, 3.63) is 54.1 Å². The highest BCUT2D eigenvalue weighted by Gasteiger charge is 2.25. The summed E-state index contributed by atoms with van der Waals surface area (Å²) in [6.45, 7) is 3.20. The molecule has 0 unspecified atom stereocenters. The van der Waals surface area contributed by atoms with Crippen molar-refractivity contribution in [2.75, 3.05) is 13.7 Å². The second kappa shape index (κ2) is 9.56. The molecule has 0 spiro atoms. The average Bonchev–Trinajstić information content (AvgIpc) is 2.74. The summed E-state index contributed by atoms with van der Waals surface area (Å²) in [5, 5.41) is 3.36. The number of amides is 1. The van der Waals surface area contributed by atoms with E-state index in [4.69, 9.17) is 4.74 Å². The van der Waals surface area contributed by atoms with Crippen LogP contribution in [0.25, 0.3) is 11.1 Å². The normalized spacial score (nSPS) is 19.5. The van der Waals surface area contributed by atoms with Crippen LogP contribution < -0.4 is 10.1 Å². The van der Waals surface area contributed by atoms with E-state index < -0.39 is 0 Å². The molecule has 2 aromatic carbocycles. The van der Waals surface area contributed by atoms with Crippen molar-refractivity contribution >= 4 is 6.41 Å². The number of nitrogens with zero attached hydrogens (tertiary/aromatic N) is 1. The number of benzene rings is 2. The Morgan fingerprint density at radius 3 is 2.44 bits per heavy atom. The van der Waals surface area contributed by atoms with Crippen LogP contribution >= 0.6 is 0 Å². The van der Waals surface area contributed by atoms with Crippen LogP contribution in [-0.4, -0.2) is 37.0 Å². The van der Waals surface area contributed by atoms with Gasteiger partial charge in [-0.15, -0.1) is 0 Å². The van der Waals surface area contributed by atoms with Crippen LogP contribution in [0, 0.1) is 0 Å². The minimum absolute atomic E-state index is 0.307. The Hall–Kier alpha value is -2.33. The number of nitrogens with one attached hydrogen (secondary N) is 1. The summed E-state index contributed by atoms with van der Waals surface area (Å²) >= 11 is 0. The number of ether oxygens (including phenoxy) is 1. The number of hydrogen-bond donors (Lipinski definition) is 1. The van der Waals surface area contributed by atoms with Crippen molar-refractivity contribution in [1.29, 1.82) is 0 Å². The Bertz CT molecular complexity index is 724. The smallest absolute Gasteiger partial charge is 0.210 e. The Kier molecular flexibility index (Phi) is 6.88. The van der Waals surface area contributed by atoms with Gasteiger partial charge in [0.05, 0.1) is 6.61 Å². The number of rotatable bonds is 8. The summed E-state index contributed by atoms with van der Waals surface area (Å²) in [5.74, 6) is 0.868. The Balaban J connectivity index is 1.81. The molecule has 0 aliphatic heterocycles. The van der Waals surface area contributed by atoms with E-state index in [9.17, 15) is 4.79 Å². The molecule has 0 heterocycles. The molecular weight excluding hydrogens is 336 g/mol. The molecule has 1 saturated carbocycles. The maximum atomic E-state index is 11.9. The summed E-state index contributed by atoms with van der Waals surface area (Å²) in [6.07, 6.45) is 5.34. The van der Waals surface area contributed by atoms with Crippen LogP contribution in [0.15, 0.2) is 48.5 Å². The van der Waals surface area contributed by atoms with Gasteiger partial charge in [-0.25, -0.2) is 0 Å². The molecule has 0 saturated heterocycles. The second-order valence-electron chi connectivity index (χ2n) is 7.19. The lowest BCUT2D eigenvalue weighted by Gasteiger charge is -2.35. The van der Waals surface area contributed by atoms with E-state index in [0.717, 1.165) is 49.0 Å². The van der Waals surface area contributed by atoms with E-state index in [1.807, 2.05) is 43.1 Å². The molecular formula is C23H30N2O2. The Morgan fingerprint density at radius 1 is 1.07 bits per heavy atom. The number of hydrogen-bond acceptors (Lipinski definition) is 3. The fourth-order valence-corrected chi connectivity index (χ4v) is 3.95. The minimum Gasteiger partial charge on any atom is -0.494 e. The SMILES string of the molecule is CCOc1ccc(-c2ccccc2)cc1CN(C=O)C1CCC(NC)CC1. The van der Waals surface area contributed by atoms with Gasteiger partial charge < -0.3 is 15.0 Å². The maximum absolute atomic E-state index is 11.9. The van der Waals surface area contributed by atoms with Crippen LogP contribution in [-0.2, 0) is 11.3 Å². The van der Waals surface area contributed by atoms with E-state index in [1.165, 1.54) is 5.56 Å². The van der Waals surface area contributed by atoms with Gasteiger partial charge in [-0.05, 0) is 62.9 Å². The molecule has 2 aromatic rings. The van der Waals surface area contributed by atoms with E-state index >= 15 is 0 Å². The highest BCUT2D eigenvalue weighted by molar-refractivity contribution is 5.66. The zero-order chi connectivity index (χ0) is 19.1. The largest absolute Gasteiger partial charge is 0.494 e. The topological polar surface area (TPSA) is 41.6 Å². The molecule has 0 radical (unpaired) electrons. The van der Waals surface area contributed by atoms with Crippen LogP contribution in [0.4, 0.5) is 0 Å². The van der Waals surface area contributed by atoms with E-state index in [0.29, 0.717) is 25.2 Å². The highest BCUT2D eigenvalue weighted by atomic mass is 16.5. The van der Waals surface area contributed by atoms with Crippen molar-refractivity contribution in [2.24, 2.45) is 0 Å². The van der Waals surface area contributed by atoms with Crippen LogP contribution in [0.3, 0.4) is 0 Å². The maximum Gasteiger partial charge on any atom is 0.210 e. The highest BCUT2D eigenvalue weighted by Crippen LogP contribution is 2.30. The first-order valence-corrected chi connectivity index (χ1v) is 9.94. The van der Waals surface area contributed by atoms with Gasteiger partial charge in [-0.2, -0.15) is 0 Å². The van der Waals surface area contributed by atoms with E-state index in [-0.39, 0.29) is 0 Å². The van der Waals surface area contributed by atoms with Crippen molar-refractivity contribution in [1.82, 2.24) is 10.2 Å². The summed E-state index contributed by atoms with van der Waals surface area (Å²) in [5.41, 5.74) is 3.40. The van der Waals surface area contributed by atoms with Crippen molar-refractivity contribution in [3.8, 4) is 16.9 Å². The van der Waals surface area contributed by atoms with Crippen molar-refractivity contribution in [3.63, 3.8) is 0 Å². The van der Waals surface area contributed by atoms with Crippen LogP contribution in [0.2, 0.25) is 0 Å². The number of carbonyl (C=O) groups is 1. The molecule has 0 atom stereocenters. The molecule has 1 aliphatic rings. The zero-order valence-corrected chi connectivity index (χ0v) is 16.4. The van der Waals surface area contributed by atoms with E-state index in [1.54, 1.807) is 0 Å². The lowest BCUT2D eigenvalue weighted by molar-refractivity contribution is -0.121. The molecule has 27 heavy (non-hydrogen) atoms. The fourth-order valence-electron chi connectivity index (χ4n) is 3.95. The standard InChI is InChI=1S/C23H30N2O2/c1-3-27-23-14-9-19(18-7-5-4-6-8-18)15-20(23)16-25(17-26)22-12-10-21(24-2)11-13-22/h4-9,14-15,17,21-22,24H,3,10-13,16H2,1-2H3. The van der Waals surface area contributed by atoms with Gasteiger partial charge in [0.15, 0.2) is 0 Å². The van der Waals surface area contributed by atoms with Gasteiger partial charge in [-0.3, -0.25) is 4.79 Å². The first kappa shape index (κ1) is 19.4. The quantitative estimate of drug-likeness (QED) is 0.711. The molecule has 1 fully saturated rings. The van der Waals surface area contributed by atoms with Gasteiger partial charge in [-0.1, -0.05) is 36.4 Å². The van der Waals surface area contributed by atoms with Crippen molar-refractivity contribution < 1.29 is 9.53 Å². The van der Waals surface area contributed by atoms with Gasteiger partial charge in [0.1, 0.15) is 5.75 Å². The predicted molar refractivity (Wildman–Crippen MR) is 110 cm³/mol. The van der Waals surface area contributed by atoms with Gasteiger partial charge in [0, 0.05) is 24.2 Å². The predicted octanol–water partition coefficient (Wildman–Crippen LogP) is 4.24. The molecule has 1 amide bonds. The third-order valence-corrected chi connectivity index (χ3v) is 5.53. The molecule has 144 valence electrons. The summed E-state index contributed by atoms with van der Waals surface area (Å²) in [7, 11) is 2.02. The lowest BCUT2D eigenvalue weighted by atomic mass is 9.90. The van der Waals surface area contributed by atoms with Crippen LogP contribution in [0.1, 0.15) is 38.2 Å². The van der Waals surface area contributed by atoms with Crippen LogP contribution in [0.5, 0.6) is 5.75 Å². The molecule has 0 bridgehead atoms. The summed E-state index contributed by atoms with van der Waals surface area (Å²) in [4.78, 5) is 13.8. The van der Waals surface area contributed by atoms with Gasteiger partial charge in [0.25, 0.3) is 0 Å². The van der Waals surface area contributed by atoms with Gasteiger partial charge in [0.2, 0.25) is 6.41 Å². The molecule has 4 nitrogen and oxygen atoms in total. The fraction of sp³-hybridized carbons (Fsp3) is 0.435. The third kappa shape index (κ3) is 4.89. The summed E-state index contributed by atoms with van der Waals surface area (Å²) in [6, 6.07) is 17.5. The Labute approximate surface area is 162 Å². The van der Waals surface area contributed by atoms with Crippen molar-refractivity contribution in [2.45, 2.75) is 51.2 Å². The average molecular weight is 367 g/mol. The minimum atomic E-state index is 0.307. The molecule has 4 heteroatoms.